The number of sulfonamides is 1. The maximum atomic E-state index is 12.3. The van der Waals surface area contributed by atoms with E-state index < -0.39 is 16.0 Å². The zero-order valence-electron chi connectivity index (χ0n) is 9.54. The number of carboxylic acids is 1. The molecule has 0 atom stereocenters. The number of hydrogen-bond donors (Lipinski definition) is 2. The summed E-state index contributed by atoms with van der Waals surface area (Å²) >= 11 is 0. The standard InChI is InChI=1S/C10H13N3O4S/c1-2-5-13(7-3-4-7)18(16,17)9-8(10(14)15)6-11-12-9/h2,6-7H,1,3-5H2,(H,11,12)(H,14,15). The number of aromatic amines is 1. The Morgan fingerprint density at radius 1 is 1.67 bits per heavy atom. The smallest absolute Gasteiger partial charge is 0.340 e. The normalized spacial score (nSPS) is 15.8. The van der Waals surface area contributed by atoms with Crippen LogP contribution in [-0.2, 0) is 10.0 Å². The molecule has 1 saturated carbocycles. The van der Waals surface area contributed by atoms with E-state index in [0.717, 1.165) is 19.0 Å². The average Bonchev–Trinajstić information content (AvgIpc) is 2.99. The molecule has 1 aliphatic rings. The maximum Gasteiger partial charge on any atom is 0.340 e. The Morgan fingerprint density at radius 3 is 2.83 bits per heavy atom. The minimum absolute atomic E-state index is 0.0713. The quantitative estimate of drug-likeness (QED) is 0.731. The van der Waals surface area contributed by atoms with Gasteiger partial charge in [0.1, 0.15) is 5.56 Å². The van der Waals surface area contributed by atoms with Crippen molar-refractivity contribution >= 4 is 16.0 Å². The molecule has 1 fully saturated rings. The van der Waals surface area contributed by atoms with Crippen molar-refractivity contribution in [1.82, 2.24) is 14.5 Å². The van der Waals surface area contributed by atoms with Gasteiger partial charge in [0, 0.05) is 12.6 Å². The molecular formula is C10H13N3O4S. The second kappa shape index (κ2) is 4.54. The molecule has 0 spiro atoms. The fourth-order valence-electron chi connectivity index (χ4n) is 1.67. The Bertz CT molecular complexity index is 574. The van der Waals surface area contributed by atoms with Gasteiger partial charge in [0.05, 0.1) is 6.20 Å². The molecule has 0 aliphatic heterocycles. The van der Waals surface area contributed by atoms with Gasteiger partial charge in [-0.3, -0.25) is 5.10 Å². The van der Waals surface area contributed by atoms with Crippen molar-refractivity contribution in [3.05, 3.63) is 24.4 Å². The largest absolute Gasteiger partial charge is 0.478 e. The first-order valence-electron chi connectivity index (χ1n) is 5.38. The molecule has 0 amide bonds. The SMILES string of the molecule is C=CCN(C1CC1)S(=O)(=O)c1[nH]ncc1C(=O)O. The molecule has 2 N–H and O–H groups in total. The van der Waals surface area contributed by atoms with E-state index in [9.17, 15) is 13.2 Å². The summed E-state index contributed by atoms with van der Waals surface area (Å²) in [7, 11) is -3.87. The molecule has 2 rings (SSSR count). The topological polar surface area (TPSA) is 103 Å². The van der Waals surface area contributed by atoms with Gasteiger partial charge in [-0.25, -0.2) is 13.2 Å². The average molecular weight is 271 g/mol. The van der Waals surface area contributed by atoms with Crippen LogP contribution in [0.2, 0.25) is 0 Å². The van der Waals surface area contributed by atoms with Gasteiger partial charge in [0.2, 0.25) is 0 Å². The number of H-pyrrole nitrogens is 1. The van der Waals surface area contributed by atoms with Crippen molar-refractivity contribution in [2.24, 2.45) is 0 Å². The summed E-state index contributed by atoms with van der Waals surface area (Å²) < 4.78 is 25.9. The van der Waals surface area contributed by atoms with Gasteiger partial charge >= 0.3 is 5.97 Å². The van der Waals surface area contributed by atoms with Gasteiger partial charge in [-0.2, -0.15) is 9.40 Å². The predicted octanol–water partition coefficient (Wildman–Crippen LogP) is 0.447. The number of carbonyl (C=O) groups is 1. The number of rotatable bonds is 6. The molecule has 18 heavy (non-hydrogen) atoms. The van der Waals surface area contributed by atoms with E-state index in [1.807, 2.05) is 0 Å². The number of aromatic nitrogens is 2. The highest BCUT2D eigenvalue weighted by molar-refractivity contribution is 7.89. The van der Waals surface area contributed by atoms with Crippen LogP contribution in [0.1, 0.15) is 23.2 Å². The number of nitrogens with one attached hydrogen (secondary N) is 1. The highest BCUT2D eigenvalue weighted by Gasteiger charge is 2.39. The summed E-state index contributed by atoms with van der Waals surface area (Å²) in [6, 6.07) is -0.0713. The number of nitrogens with zero attached hydrogens (tertiary/aromatic N) is 2. The van der Waals surface area contributed by atoms with Crippen molar-refractivity contribution < 1.29 is 18.3 Å². The van der Waals surface area contributed by atoms with E-state index in [1.54, 1.807) is 0 Å². The van der Waals surface area contributed by atoms with E-state index in [2.05, 4.69) is 16.8 Å². The first kappa shape index (κ1) is 12.8. The van der Waals surface area contributed by atoms with Crippen molar-refractivity contribution in [2.75, 3.05) is 6.54 Å². The highest BCUT2D eigenvalue weighted by Crippen LogP contribution is 2.32. The van der Waals surface area contributed by atoms with E-state index in [1.165, 1.54) is 10.4 Å². The fourth-order valence-corrected chi connectivity index (χ4v) is 3.40. The Labute approximate surface area is 104 Å². The molecule has 0 aromatic carbocycles. The van der Waals surface area contributed by atoms with Crippen molar-refractivity contribution in [3.8, 4) is 0 Å². The van der Waals surface area contributed by atoms with Crippen LogP contribution in [0.3, 0.4) is 0 Å². The van der Waals surface area contributed by atoms with Crippen LogP contribution in [0.4, 0.5) is 0 Å². The molecule has 8 heteroatoms. The lowest BCUT2D eigenvalue weighted by Crippen LogP contribution is -2.34. The predicted molar refractivity (Wildman–Crippen MR) is 62.7 cm³/mol. The zero-order valence-corrected chi connectivity index (χ0v) is 10.4. The summed E-state index contributed by atoms with van der Waals surface area (Å²) in [5, 5.41) is 14.3. The Kier molecular flexibility index (Phi) is 3.22. The third-order valence-corrected chi connectivity index (χ3v) is 4.56. The lowest BCUT2D eigenvalue weighted by atomic mass is 10.4. The second-order valence-electron chi connectivity index (χ2n) is 4.01. The third kappa shape index (κ3) is 2.16. The van der Waals surface area contributed by atoms with Crippen LogP contribution >= 0.6 is 0 Å². The van der Waals surface area contributed by atoms with E-state index in [-0.39, 0.29) is 23.2 Å². The Balaban J connectivity index is 2.42. The summed E-state index contributed by atoms with van der Waals surface area (Å²) in [5.41, 5.74) is -0.343. The monoisotopic (exact) mass is 271 g/mol. The highest BCUT2D eigenvalue weighted by atomic mass is 32.2. The van der Waals surface area contributed by atoms with Crippen LogP contribution in [0.5, 0.6) is 0 Å². The lowest BCUT2D eigenvalue weighted by molar-refractivity contribution is 0.0692. The molecule has 0 unspecified atom stereocenters. The summed E-state index contributed by atoms with van der Waals surface area (Å²) in [6.45, 7) is 3.67. The van der Waals surface area contributed by atoms with Crippen molar-refractivity contribution in [1.29, 1.82) is 0 Å². The van der Waals surface area contributed by atoms with Gasteiger partial charge in [0.25, 0.3) is 10.0 Å². The molecule has 7 nitrogen and oxygen atoms in total. The fraction of sp³-hybridized carbons (Fsp3) is 0.400. The molecule has 0 radical (unpaired) electrons. The molecular weight excluding hydrogens is 258 g/mol. The molecule has 0 bridgehead atoms. The lowest BCUT2D eigenvalue weighted by Gasteiger charge is -2.19. The molecule has 1 aromatic rings. The summed E-state index contributed by atoms with van der Waals surface area (Å²) in [4.78, 5) is 10.9. The first-order valence-corrected chi connectivity index (χ1v) is 6.82. The summed E-state index contributed by atoms with van der Waals surface area (Å²) in [5.74, 6) is -1.32. The zero-order chi connectivity index (χ0) is 13.3. The van der Waals surface area contributed by atoms with Crippen molar-refractivity contribution in [3.63, 3.8) is 0 Å². The number of aromatic carboxylic acids is 1. The maximum absolute atomic E-state index is 12.3. The van der Waals surface area contributed by atoms with Gasteiger partial charge < -0.3 is 5.11 Å². The van der Waals surface area contributed by atoms with Gasteiger partial charge in [0.15, 0.2) is 5.03 Å². The van der Waals surface area contributed by atoms with Crippen LogP contribution < -0.4 is 0 Å². The molecule has 0 saturated heterocycles. The number of carboxylic acid groups (broad SMARTS) is 1. The van der Waals surface area contributed by atoms with E-state index >= 15 is 0 Å². The molecule has 1 aliphatic carbocycles. The van der Waals surface area contributed by atoms with Crippen LogP contribution in [-0.4, -0.2) is 46.6 Å². The first-order chi connectivity index (χ1) is 8.48. The summed E-state index contributed by atoms with van der Waals surface area (Å²) in [6.07, 6.45) is 4.04. The third-order valence-electron chi connectivity index (χ3n) is 2.66. The van der Waals surface area contributed by atoms with Crippen LogP contribution in [0.25, 0.3) is 0 Å². The van der Waals surface area contributed by atoms with Crippen LogP contribution in [0.15, 0.2) is 23.9 Å². The minimum atomic E-state index is -3.87. The molecule has 1 aromatic heterocycles. The molecule has 98 valence electrons. The Hall–Kier alpha value is -1.67. The van der Waals surface area contributed by atoms with Gasteiger partial charge in [-0.05, 0) is 12.8 Å². The van der Waals surface area contributed by atoms with E-state index in [4.69, 9.17) is 5.11 Å². The van der Waals surface area contributed by atoms with E-state index in [0.29, 0.717) is 0 Å². The molecule has 1 heterocycles. The van der Waals surface area contributed by atoms with Gasteiger partial charge in [-0.15, -0.1) is 6.58 Å². The minimum Gasteiger partial charge on any atom is -0.478 e. The Morgan fingerprint density at radius 2 is 2.33 bits per heavy atom. The van der Waals surface area contributed by atoms with Gasteiger partial charge in [-0.1, -0.05) is 6.08 Å². The van der Waals surface area contributed by atoms with Crippen LogP contribution in [0, 0.1) is 0 Å². The second-order valence-corrected chi connectivity index (χ2v) is 5.84. The number of hydrogen-bond acceptors (Lipinski definition) is 4. The van der Waals surface area contributed by atoms with Crippen molar-refractivity contribution in [2.45, 2.75) is 23.9 Å².